The first-order valence-corrected chi connectivity index (χ1v) is 6.72. The Bertz CT molecular complexity index is 442. The molecule has 1 aromatic rings. The van der Waals surface area contributed by atoms with Crippen molar-refractivity contribution in [3.05, 3.63) is 37.3 Å². The molecule has 108 valence electrons. The van der Waals surface area contributed by atoms with Gasteiger partial charge < -0.3 is 25.1 Å². The molecule has 1 saturated heterocycles. The van der Waals surface area contributed by atoms with E-state index in [0.29, 0.717) is 5.75 Å². The molecule has 2 rings (SSSR count). The molecule has 6 heteroatoms. The van der Waals surface area contributed by atoms with Crippen LogP contribution in [0.15, 0.2) is 30.3 Å². The lowest BCUT2D eigenvalue weighted by molar-refractivity contribution is 0.00965. The number of para-hydroxylation sites is 1. The summed E-state index contributed by atoms with van der Waals surface area (Å²) in [6, 6.07) is 9.04. The van der Waals surface area contributed by atoms with Gasteiger partial charge in [-0.1, -0.05) is 18.2 Å². The fraction of sp³-hybridized carbons (Fsp3) is 0.429. The zero-order chi connectivity index (χ0) is 14.5. The molecule has 1 aliphatic heterocycles. The predicted octanol–water partition coefficient (Wildman–Crippen LogP) is 0.781. The number of hydrogen-bond acceptors (Lipinski definition) is 6. The van der Waals surface area contributed by atoms with Gasteiger partial charge in [-0.05, 0) is 12.1 Å². The molecule has 1 aliphatic rings. The van der Waals surface area contributed by atoms with Crippen LogP contribution < -0.4 is 10.5 Å². The van der Waals surface area contributed by atoms with Crippen molar-refractivity contribution in [2.24, 2.45) is 11.7 Å². The summed E-state index contributed by atoms with van der Waals surface area (Å²) in [5.74, 6) is 0.348. The van der Waals surface area contributed by atoms with Crippen LogP contribution in [0.2, 0.25) is 0 Å². The van der Waals surface area contributed by atoms with Crippen LogP contribution in [0.5, 0.6) is 5.75 Å². The summed E-state index contributed by atoms with van der Waals surface area (Å²) in [5, 5.41) is 9.17. The van der Waals surface area contributed by atoms with Gasteiger partial charge in [0.05, 0.1) is 18.8 Å². The lowest BCUT2D eigenvalue weighted by Gasteiger charge is -2.22. The summed E-state index contributed by atoms with van der Waals surface area (Å²) in [7, 11) is 0. The van der Waals surface area contributed by atoms with E-state index in [1.807, 2.05) is 18.2 Å². The van der Waals surface area contributed by atoms with Crippen molar-refractivity contribution < 1.29 is 19.3 Å². The van der Waals surface area contributed by atoms with E-state index in [1.54, 1.807) is 12.1 Å². The Morgan fingerprint density at radius 2 is 2.10 bits per heavy atom. The Balaban J connectivity index is 1.96. The van der Waals surface area contributed by atoms with Crippen molar-refractivity contribution in [1.82, 2.24) is 0 Å². The quantitative estimate of drug-likeness (QED) is 0.800. The van der Waals surface area contributed by atoms with E-state index in [4.69, 9.17) is 39.1 Å². The van der Waals surface area contributed by atoms with Crippen LogP contribution in [-0.4, -0.2) is 41.8 Å². The van der Waals surface area contributed by atoms with Crippen LogP contribution >= 0.6 is 12.2 Å². The molecule has 5 nitrogen and oxygen atoms in total. The number of thiocarbonyl (C=S) groups is 1. The third-order valence-electron chi connectivity index (χ3n) is 3.18. The molecule has 0 aromatic heterocycles. The monoisotopic (exact) mass is 295 g/mol. The van der Waals surface area contributed by atoms with Crippen molar-refractivity contribution in [3.63, 3.8) is 0 Å². The lowest BCUT2D eigenvalue weighted by atomic mass is 9.97. The minimum absolute atomic E-state index is 0.0442. The van der Waals surface area contributed by atoms with Gasteiger partial charge in [-0.25, -0.2) is 0 Å². The minimum atomic E-state index is -0.696. The molecule has 2 radical (unpaired) electrons. The van der Waals surface area contributed by atoms with E-state index in [1.165, 1.54) is 0 Å². The van der Waals surface area contributed by atoms with Gasteiger partial charge in [0, 0.05) is 31.6 Å². The van der Waals surface area contributed by atoms with Crippen LogP contribution in [-0.2, 0) is 9.47 Å². The topological polar surface area (TPSA) is 73.9 Å². The smallest absolute Gasteiger partial charge is 0.358 e. The molecule has 0 amide bonds. The average molecular weight is 295 g/mol. The van der Waals surface area contributed by atoms with E-state index < -0.39 is 18.3 Å². The van der Waals surface area contributed by atoms with Crippen LogP contribution in [0.25, 0.3) is 0 Å². The summed E-state index contributed by atoms with van der Waals surface area (Å²) >= 11 is 5.04. The van der Waals surface area contributed by atoms with Crippen molar-refractivity contribution in [2.75, 3.05) is 13.2 Å². The molecule has 4 atom stereocenters. The Morgan fingerprint density at radius 1 is 1.40 bits per heavy atom. The molecule has 1 aromatic carbocycles. The summed E-state index contributed by atoms with van der Waals surface area (Å²) in [6.45, 7) is 5.93. The maximum absolute atomic E-state index is 9.22. The van der Waals surface area contributed by atoms with Gasteiger partial charge >= 0.3 is 5.24 Å². The van der Waals surface area contributed by atoms with Crippen molar-refractivity contribution in [2.45, 2.75) is 18.3 Å². The molecule has 0 spiro atoms. The van der Waals surface area contributed by atoms with Gasteiger partial charge in [0.1, 0.15) is 11.9 Å². The van der Waals surface area contributed by atoms with Crippen LogP contribution in [0, 0.1) is 12.8 Å². The second-order valence-corrected chi connectivity index (χ2v) is 4.80. The van der Waals surface area contributed by atoms with E-state index in [2.05, 4.69) is 0 Å². The van der Waals surface area contributed by atoms with Crippen LogP contribution in [0.4, 0.5) is 0 Å². The van der Waals surface area contributed by atoms with Crippen LogP contribution in [0.1, 0.15) is 0 Å². The summed E-state index contributed by atoms with van der Waals surface area (Å²) < 4.78 is 16.3. The van der Waals surface area contributed by atoms with Crippen molar-refractivity contribution in [3.8, 4) is 5.75 Å². The van der Waals surface area contributed by atoms with Gasteiger partial charge in [-0.3, -0.25) is 0 Å². The largest absolute Gasteiger partial charge is 0.450 e. The van der Waals surface area contributed by atoms with Gasteiger partial charge in [-0.2, -0.15) is 0 Å². The summed E-state index contributed by atoms with van der Waals surface area (Å²) in [5.41, 5.74) is 5.67. The molecule has 3 N–H and O–H groups in total. The molecule has 0 aliphatic carbocycles. The van der Waals surface area contributed by atoms with E-state index >= 15 is 0 Å². The second-order valence-electron chi connectivity index (χ2n) is 4.47. The third kappa shape index (κ3) is 3.46. The molecular formula is C14H17NO4S. The molecular weight excluding hydrogens is 278 g/mol. The standard InChI is InChI=1S/C14H17NO4S/c1-9-13(11(7-15)12(8-16)17-9)19-14(20)18-10-5-3-2-4-6-10/h1-6,9,11-13,16H,7-8,15H2/t9-,11-,12+,13?/m0/s1. The first kappa shape index (κ1) is 15.2. The average Bonchev–Trinajstić information content (AvgIpc) is 2.75. The zero-order valence-electron chi connectivity index (χ0n) is 10.8. The fourth-order valence-corrected chi connectivity index (χ4v) is 2.38. The SMILES string of the molecule is [CH][C@@H]1O[C@H](CO)[C@H](CN)C1OC(=S)Oc1ccccc1. The van der Waals surface area contributed by atoms with E-state index in [0.717, 1.165) is 0 Å². The predicted molar refractivity (Wildman–Crippen MR) is 77.1 cm³/mol. The summed E-state index contributed by atoms with van der Waals surface area (Å²) in [6.07, 6.45) is -1.68. The second kappa shape index (κ2) is 6.99. The Morgan fingerprint density at radius 3 is 2.70 bits per heavy atom. The third-order valence-corrected chi connectivity index (χ3v) is 3.36. The Hall–Kier alpha value is -1.21. The number of hydrogen-bond donors (Lipinski definition) is 2. The molecule has 1 heterocycles. The highest BCUT2D eigenvalue weighted by molar-refractivity contribution is 7.79. The van der Waals surface area contributed by atoms with E-state index in [-0.39, 0.29) is 24.3 Å². The minimum Gasteiger partial charge on any atom is -0.450 e. The number of ether oxygens (including phenoxy) is 3. The number of aliphatic hydroxyl groups is 1. The Labute approximate surface area is 123 Å². The van der Waals surface area contributed by atoms with Crippen molar-refractivity contribution in [1.29, 1.82) is 0 Å². The summed E-state index contributed by atoms with van der Waals surface area (Å²) in [4.78, 5) is 0. The Kier molecular flexibility index (Phi) is 5.31. The number of aliphatic hydroxyl groups excluding tert-OH is 1. The molecule has 0 bridgehead atoms. The highest BCUT2D eigenvalue weighted by Crippen LogP contribution is 2.29. The number of benzene rings is 1. The highest BCUT2D eigenvalue weighted by Gasteiger charge is 2.43. The van der Waals surface area contributed by atoms with Crippen molar-refractivity contribution >= 4 is 17.5 Å². The zero-order valence-corrected chi connectivity index (χ0v) is 11.7. The van der Waals surface area contributed by atoms with Crippen LogP contribution in [0.3, 0.4) is 0 Å². The van der Waals surface area contributed by atoms with Gasteiger partial charge in [0.2, 0.25) is 0 Å². The normalized spacial score (nSPS) is 29.1. The van der Waals surface area contributed by atoms with Gasteiger partial charge in [0.15, 0.2) is 0 Å². The van der Waals surface area contributed by atoms with Gasteiger partial charge in [-0.15, -0.1) is 0 Å². The first-order valence-electron chi connectivity index (χ1n) is 6.31. The maximum Gasteiger partial charge on any atom is 0.358 e. The number of rotatable bonds is 4. The molecule has 1 fully saturated rings. The van der Waals surface area contributed by atoms with Gasteiger partial charge in [0.25, 0.3) is 0 Å². The molecule has 0 saturated carbocycles. The first-order chi connectivity index (χ1) is 9.65. The van der Waals surface area contributed by atoms with E-state index in [9.17, 15) is 5.11 Å². The highest BCUT2D eigenvalue weighted by atomic mass is 32.1. The number of nitrogens with two attached hydrogens (primary N) is 1. The molecule has 1 unspecified atom stereocenters. The molecule has 20 heavy (non-hydrogen) atoms. The lowest BCUT2D eigenvalue weighted by Crippen LogP contribution is -2.38. The maximum atomic E-state index is 9.22. The fourth-order valence-electron chi connectivity index (χ4n) is 2.17.